The van der Waals surface area contributed by atoms with E-state index in [9.17, 15) is 31.2 Å². The van der Waals surface area contributed by atoms with Crippen LogP contribution in [0, 0.1) is 13.8 Å². The number of nitrogens with zero attached hydrogens (tertiary/aromatic N) is 3. The van der Waals surface area contributed by atoms with Gasteiger partial charge in [-0.1, -0.05) is 29.3 Å². The molecular weight excluding hydrogens is 471 g/mol. The van der Waals surface area contributed by atoms with Crippen molar-refractivity contribution in [1.82, 2.24) is 13.8 Å². The van der Waals surface area contributed by atoms with Crippen LogP contribution < -0.4 is 5.56 Å². The topological polar surface area (TPSA) is 79.7 Å². The number of carbonyl (C=O) groups excluding carboxylic acids is 1. The number of hydrogen-bond donors (Lipinski definition) is 0. The van der Waals surface area contributed by atoms with E-state index in [0.717, 1.165) is 5.56 Å². The highest BCUT2D eigenvalue weighted by Crippen LogP contribution is 2.29. The first-order valence-electron chi connectivity index (χ1n) is 9.63. The van der Waals surface area contributed by atoms with Crippen molar-refractivity contribution in [2.24, 2.45) is 0 Å². The molecule has 1 saturated heterocycles. The van der Waals surface area contributed by atoms with Gasteiger partial charge in [0, 0.05) is 32.4 Å². The Labute approximate surface area is 188 Å². The lowest BCUT2D eigenvalue weighted by molar-refractivity contribution is -0.139. The standard InChI is InChI=1S/C20H21ClF3N3O4S/c1-13-3-4-17(14(2)9-13)32(30,31)27-7-5-25(6-8-27)18(28)12-26-11-15(20(22,23)24)10-16(21)19(26)29/h3-4,9-11H,5-8,12H2,1-2H3. The number of piperazine rings is 1. The predicted molar refractivity (Wildman–Crippen MR) is 112 cm³/mol. The highest BCUT2D eigenvalue weighted by molar-refractivity contribution is 7.89. The minimum atomic E-state index is -4.73. The lowest BCUT2D eigenvalue weighted by atomic mass is 10.2. The second kappa shape index (κ2) is 8.87. The molecule has 0 N–H and O–H groups in total. The summed E-state index contributed by atoms with van der Waals surface area (Å²) in [6.07, 6.45) is -4.18. The molecule has 3 rings (SSSR count). The number of sulfonamides is 1. The molecule has 1 aromatic carbocycles. The van der Waals surface area contributed by atoms with Gasteiger partial charge in [0.25, 0.3) is 5.56 Å². The molecule has 1 amide bonds. The van der Waals surface area contributed by atoms with Gasteiger partial charge >= 0.3 is 6.18 Å². The fourth-order valence-corrected chi connectivity index (χ4v) is 5.38. The minimum Gasteiger partial charge on any atom is -0.339 e. The Morgan fingerprint density at radius 1 is 1.09 bits per heavy atom. The Hall–Kier alpha value is -2.37. The van der Waals surface area contributed by atoms with E-state index >= 15 is 0 Å². The summed E-state index contributed by atoms with van der Waals surface area (Å²) in [5, 5.41) is -0.642. The summed E-state index contributed by atoms with van der Waals surface area (Å²) in [7, 11) is -3.75. The van der Waals surface area contributed by atoms with Crippen molar-refractivity contribution in [2.45, 2.75) is 31.5 Å². The lowest BCUT2D eigenvalue weighted by Gasteiger charge is -2.34. The van der Waals surface area contributed by atoms with Crippen molar-refractivity contribution >= 4 is 27.5 Å². The van der Waals surface area contributed by atoms with E-state index in [1.54, 1.807) is 25.1 Å². The number of carbonyl (C=O) groups is 1. The van der Waals surface area contributed by atoms with Crippen LogP contribution in [0.5, 0.6) is 0 Å². The Bertz CT molecular complexity index is 1200. The van der Waals surface area contributed by atoms with Crippen LogP contribution in [0.25, 0.3) is 0 Å². The molecule has 0 spiro atoms. The minimum absolute atomic E-state index is 0.0274. The van der Waals surface area contributed by atoms with Crippen LogP contribution in [0.15, 0.2) is 40.2 Å². The molecule has 12 heteroatoms. The van der Waals surface area contributed by atoms with Crippen LogP contribution in [-0.4, -0.2) is 54.3 Å². The molecule has 32 heavy (non-hydrogen) atoms. The van der Waals surface area contributed by atoms with Gasteiger partial charge < -0.3 is 9.47 Å². The van der Waals surface area contributed by atoms with E-state index in [4.69, 9.17) is 11.6 Å². The largest absolute Gasteiger partial charge is 0.417 e. The number of alkyl halides is 3. The summed E-state index contributed by atoms with van der Waals surface area (Å²) in [6.45, 7) is 3.08. The zero-order valence-electron chi connectivity index (χ0n) is 17.3. The maximum atomic E-state index is 13.0. The van der Waals surface area contributed by atoms with Crippen LogP contribution in [0.3, 0.4) is 0 Å². The van der Waals surface area contributed by atoms with Crippen molar-refractivity contribution < 1.29 is 26.4 Å². The van der Waals surface area contributed by atoms with Gasteiger partial charge in [-0.3, -0.25) is 9.59 Å². The van der Waals surface area contributed by atoms with Crippen LogP contribution in [0.4, 0.5) is 13.2 Å². The zero-order valence-corrected chi connectivity index (χ0v) is 18.9. The van der Waals surface area contributed by atoms with Crippen molar-refractivity contribution in [2.75, 3.05) is 26.2 Å². The van der Waals surface area contributed by atoms with Gasteiger partial charge in [0.05, 0.1) is 10.5 Å². The number of pyridine rings is 1. The average Bonchev–Trinajstić information content (AvgIpc) is 2.70. The van der Waals surface area contributed by atoms with Gasteiger partial charge in [-0.2, -0.15) is 17.5 Å². The molecule has 2 aromatic rings. The van der Waals surface area contributed by atoms with Crippen molar-refractivity contribution in [1.29, 1.82) is 0 Å². The molecule has 1 aliphatic rings. The van der Waals surface area contributed by atoms with E-state index in [1.165, 1.54) is 9.21 Å². The van der Waals surface area contributed by atoms with Gasteiger partial charge in [-0.05, 0) is 31.5 Å². The van der Waals surface area contributed by atoms with E-state index < -0.39 is 44.8 Å². The fourth-order valence-electron chi connectivity index (χ4n) is 3.52. The summed E-state index contributed by atoms with van der Waals surface area (Å²) in [5.74, 6) is -0.606. The molecule has 1 aliphatic heterocycles. The fraction of sp³-hybridized carbons (Fsp3) is 0.400. The number of aryl methyl sites for hydroxylation is 2. The second-order valence-corrected chi connectivity index (χ2v) is 9.87. The molecule has 0 atom stereocenters. The Kier molecular flexibility index (Phi) is 6.73. The molecule has 1 fully saturated rings. The first-order valence-corrected chi connectivity index (χ1v) is 11.4. The van der Waals surface area contributed by atoms with Gasteiger partial charge in [0.15, 0.2) is 0 Å². The third kappa shape index (κ3) is 5.00. The molecule has 0 radical (unpaired) electrons. The Morgan fingerprint density at radius 2 is 1.72 bits per heavy atom. The number of rotatable bonds is 4. The van der Waals surface area contributed by atoms with Crippen molar-refractivity contribution in [3.8, 4) is 0 Å². The number of amides is 1. The quantitative estimate of drug-likeness (QED) is 0.658. The molecule has 7 nitrogen and oxygen atoms in total. The average molecular weight is 492 g/mol. The first-order chi connectivity index (χ1) is 14.8. The molecule has 0 unspecified atom stereocenters. The number of hydrogen-bond acceptors (Lipinski definition) is 4. The molecular formula is C20H21ClF3N3O4S. The lowest BCUT2D eigenvalue weighted by Crippen LogP contribution is -2.51. The normalized spacial score (nSPS) is 15.8. The maximum absolute atomic E-state index is 13.0. The van der Waals surface area contributed by atoms with Gasteiger partial charge in [0.1, 0.15) is 11.6 Å². The van der Waals surface area contributed by atoms with Crippen molar-refractivity contribution in [3.05, 3.63) is 62.5 Å². The number of aromatic nitrogens is 1. The van der Waals surface area contributed by atoms with E-state index in [2.05, 4.69) is 0 Å². The van der Waals surface area contributed by atoms with Crippen LogP contribution in [0.2, 0.25) is 5.02 Å². The third-order valence-electron chi connectivity index (χ3n) is 5.21. The van der Waals surface area contributed by atoms with Crippen LogP contribution >= 0.6 is 11.6 Å². The molecule has 0 bridgehead atoms. The zero-order chi connectivity index (χ0) is 23.8. The summed E-state index contributed by atoms with van der Waals surface area (Å²) in [6, 6.07) is 5.53. The first kappa shape index (κ1) is 24.3. The van der Waals surface area contributed by atoms with E-state index in [0.29, 0.717) is 22.4 Å². The van der Waals surface area contributed by atoms with E-state index in [-0.39, 0.29) is 31.1 Å². The molecule has 174 valence electrons. The SMILES string of the molecule is Cc1ccc(S(=O)(=O)N2CCN(C(=O)Cn3cc(C(F)(F)F)cc(Cl)c3=O)CC2)c(C)c1. The van der Waals surface area contributed by atoms with Crippen molar-refractivity contribution in [3.63, 3.8) is 0 Å². The monoisotopic (exact) mass is 491 g/mol. The summed E-state index contributed by atoms with van der Waals surface area (Å²) in [4.78, 5) is 26.2. The third-order valence-corrected chi connectivity index (χ3v) is 7.54. The second-order valence-electron chi connectivity index (χ2n) is 7.56. The number of benzene rings is 1. The smallest absolute Gasteiger partial charge is 0.339 e. The van der Waals surface area contributed by atoms with Crippen LogP contribution in [0.1, 0.15) is 16.7 Å². The molecule has 0 aliphatic carbocycles. The Morgan fingerprint density at radius 3 is 2.28 bits per heavy atom. The molecule has 1 aromatic heterocycles. The Balaban J connectivity index is 1.71. The van der Waals surface area contributed by atoms with E-state index in [1.807, 2.05) is 6.92 Å². The molecule has 0 saturated carbocycles. The predicted octanol–water partition coefficient (Wildman–Crippen LogP) is 2.67. The van der Waals surface area contributed by atoms with Gasteiger partial charge in [-0.25, -0.2) is 8.42 Å². The summed E-state index contributed by atoms with van der Waals surface area (Å²) in [5.41, 5.74) is -0.505. The summed E-state index contributed by atoms with van der Waals surface area (Å²) >= 11 is 5.61. The highest BCUT2D eigenvalue weighted by Gasteiger charge is 2.33. The maximum Gasteiger partial charge on any atom is 0.417 e. The van der Waals surface area contributed by atoms with Crippen LogP contribution in [-0.2, 0) is 27.5 Å². The molecule has 2 heterocycles. The number of halogens is 4. The van der Waals surface area contributed by atoms with Gasteiger partial charge in [0.2, 0.25) is 15.9 Å². The van der Waals surface area contributed by atoms with Gasteiger partial charge in [-0.15, -0.1) is 0 Å². The summed E-state index contributed by atoms with van der Waals surface area (Å²) < 4.78 is 66.8. The highest BCUT2D eigenvalue weighted by atomic mass is 35.5.